The largest absolute Gasteiger partial charge is 0.493 e. The molecule has 6 bridgehead atoms. The minimum Gasteiger partial charge on any atom is -0.493 e. The Morgan fingerprint density at radius 3 is 2.59 bits per heavy atom. The van der Waals surface area contributed by atoms with E-state index in [1.807, 2.05) is 31.3 Å². The molecule has 0 saturated heterocycles. The Balaban J connectivity index is 1.50. The fourth-order valence-electron chi connectivity index (χ4n) is 4.75. The molecule has 1 aromatic heterocycles. The third kappa shape index (κ3) is 8.36. The first-order chi connectivity index (χ1) is 22.1. The van der Waals surface area contributed by atoms with Crippen LogP contribution in [0.15, 0.2) is 97.7 Å². The Bertz CT molecular complexity index is 1770. The van der Waals surface area contributed by atoms with Crippen LogP contribution in [0.25, 0.3) is 11.3 Å². The number of halogens is 3. The molecule has 236 valence electrons. The molecule has 9 nitrogen and oxygen atoms in total. The highest BCUT2D eigenvalue weighted by Gasteiger charge is 2.35. The second-order valence-electron chi connectivity index (χ2n) is 10.6. The Morgan fingerprint density at radius 1 is 1.02 bits per heavy atom. The van der Waals surface area contributed by atoms with Gasteiger partial charge in [-0.3, -0.25) is 14.5 Å². The third-order valence-electron chi connectivity index (χ3n) is 6.90. The summed E-state index contributed by atoms with van der Waals surface area (Å²) in [6.07, 6.45) is 1.82. The van der Waals surface area contributed by atoms with Crippen molar-refractivity contribution >= 4 is 34.8 Å². The zero-order chi connectivity index (χ0) is 32.7. The van der Waals surface area contributed by atoms with Crippen molar-refractivity contribution in [2.75, 3.05) is 36.1 Å². The average Bonchev–Trinajstić information content (AvgIpc) is 3.02. The van der Waals surface area contributed by atoms with E-state index < -0.39 is 17.6 Å². The van der Waals surface area contributed by atoms with E-state index in [1.54, 1.807) is 42.5 Å². The molecule has 1 aliphatic heterocycles. The van der Waals surface area contributed by atoms with E-state index in [0.29, 0.717) is 54.5 Å². The van der Waals surface area contributed by atoms with Gasteiger partial charge in [-0.05, 0) is 79.7 Å². The highest BCUT2D eigenvalue weighted by Crippen LogP contribution is 2.37. The lowest BCUT2D eigenvalue weighted by molar-refractivity contribution is -0.137. The van der Waals surface area contributed by atoms with Crippen LogP contribution in [-0.2, 0) is 17.5 Å². The lowest BCUT2D eigenvalue weighted by Gasteiger charge is -2.18. The molecule has 3 aromatic carbocycles. The SMILES string of the molecule is C=CC(=O)Nc1ccc(C(=O)Nc2cc3cc(c2)Nc2ncc(C(F)(F)F)c(n2)-c2cccc(c2)OCC/C=C/CN(C)C3)cc1. The van der Waals surface area contributed by atoms with Crippen LogP contribution >= 0.6 is 0 Å². The maximum absolute atomic E-state index is 14.0. The van der Waals surface area contributed by atoms with Crippen LogP contribution < -0.4 is 20.7 Å². The molecule has 5 rings (SSSR count). The highest BCUT2D eigenvalue weighted by molar-refractivity contribution is 6.05. The number of nitrogens with one attached hydrogen (secondary N) is 3. The summed E-state index contributed by atoms with van der Waals surface area (Å²) in [5, 5.41) is 8.53. The number of nitrogens with zero attached hydrogens (tertiary/aromatic N) is 3. The molecule has 12 heteroatoms. The fraction of sp³-hybridized carbons (Fsp3) is 0.176. The van der Waals surface area contributed by atoms with Gasteiger partial charge in [0.2, 0.25) is 11.9 Å². The molecule has 2 amide bonds. The maximum Gasteiger partial charge on any atom is 0.419 e. The normalized spacial score (nSPS) is 14.4. The lowest BCUT2D eigenvalue weighted by atomic mass is 10.1. The zero-order valence-electron chi connectivity index (χ0n) is 24.9. The number of carbonyl (C=O) groups excluding carboxylic acids is 2. The monoisotopic (exact) mass is 628 g/mol. The van der Waals surface area contributed by atoms with E-state index in [1.165, 1.54) is 12.1 Å². The van der Waals surface area contributed by atoms with Crippen molar-refractivity contribution in [1.29, 1.82) is 0 Å². The predicted molar refractivity (Wildman–Crippen MR) is 171 cm³/mol. The van der Waals surface area contributed by atoms with Gasteiger partial charge in [0.1, 0.15) is 11.3 Å². The van der Waals surface area contributed by atoms with Crippen molar-refractivity contribution < 1.29 is 27.5 Å². The second-order valence-corrected chi connectivity index (χ2v) is 10.6. The lowest BCUT2D eigenvalue weighted by Crippen LogP contribution is -2.18. The van der Waals surface area contributed by atoms with Gasteiger partial charge < -0.3 is 20.7 Å². The average molecular weight is 629 g/mol. The Morgan fingerprint density at radius 2 is 1.83 bits per heavy atom. The molecule has 1 aliphatic rings. The first-order valence-corrected chi connectivity index (χ1v) is 14.3. The van der Waals surface area contributed by atoms with Gasteiger partial charge in [0, 0.05) is 47.5 Å². The topological polar surface area (TPSA) is 108 Å². The molecule has 0 radical (unpaired) electrons. The highest BCUT2D eigenvalue weighted by atomic mass is 19.4. The number of carbonyl (C=O) groups is 2. The van der Waals surface area contributed by atoms with Gasteiger partial charge in [-0.15, -0.1) is 0 Å². The quantitative estimate of drug-likeness (QED) is 0.164. The van der Waals surface area contributed by atoms with Crippen LogP contribution in [0.3, 0.4) is 0 Å². The van der Waals surface area contributed by atoms with Crippen molar-refractivity contribution in [3.63, 3.8) is 0 Å². The van der Waals surface area contributed by atoms with E-state index in [9.17, 15) is 22.8 Å². The second kappa shape index (κ2) is 14.1. The van der Waals surface area contributed by atoms with Gasteiger partial charge in [-0.1, -0.05) is 30.9 Å². The number of ether oxygens (including phenoxy) is 1. The Labute approximate surface area is 263 Å². The summed E-state index contributed by atoms with van der Waals surface area (Å²) in [7, 11) is 1.95. The number of hydrogen-bond donors (Lipinski definition) is 3. The van der Waals surface area contributed by atoms with Gasteiger partial charge in [-0.25, -0.2) is 9.97 Å². The van der Waals surface area contributed by atoms with Crippen LogP contribution in [0.1, 0.15) is 27.9 Å². The number of fused-ring (bicyclic) bond motifs is 7. The summed E-state index contributed by atoms with van der Waals surface area (Å²) < 4.78 is 47.9. The summed E-state index contributed by atoms with van der Waals surface area (Å²) >= 11 is 0. The van der Waals surface area contributed by atoms with E-state index in [2.05, 4.69) is 37.4 Å². The fourth-order valence-corrected chi connectivity index (χ4v) is 4.75. The van der Waals surface area contributed by atoms with Gasteiger partial charge in [0.05, 0.1) is 12.3 Å². The number of aromatic nitrogens is 2. The number of anilines is 4. The minimum atomic E-state index is -4.69. The summed E-state index contributed by atoms with van der Waals surface area (Å²) in [6.45, 7) is 4.92. The van der Waals surface area contributed by atoms with Crippen LogP contribution in [0.2, 0.25) is 0 Å². The zero-order valence-corrected chi connectivity index (χ0v) is 24.9. The van der Waals surface area contributed by atoms with Gasteiger partial charge in [0.25, 0.3) is 5.91 Å². The summed E-state index contributed by atoms with van der Waals surface area (Å²) in [5.41, 5.74) is 1.54. The van der Waals surface area contributed by atoms with Crippen LogP contribution in [0.4, 0.5) is 36.2 Å². The molecule has 2 heterocycles. The Hall–Kier alpha value is -5.49. The molecule has 3 N–H and O–H groups in total. The molecule has 0 spiro atoms. The van der Waals surface area contributed by atoms with Gasteiger partial charge in [-0.2, -0.15) is 13.2 Å². The standard InChI is InChI=1S/C34H31F3N6O3/c1-3-30(44)39-25-12-10-23(11-13-25)32(45)40-26-16-22-17-27(19-26)41-33-38-20-29(34(35,36)37)31(42-33)24-8-7-9-28(18-24)46-15-6-4-5-14-43(2)21-22/h3-5,7-13,16-20H,1,6,14-15,21H2,2H3,(H,39,44)(H,40,45)(H,38,41,42)/b5-4+. The molecular weight excluding hydrogens is 597 g/mol. The first-order valence-electron chi connectivity index (χ1n) is 14.3. The molecular formula is C34H31F3N6O3. The van der Waals surface area contributed by atoms with Gasteiger partial charge >= 0.3 is 6.18 Å². The van der Waals surface area contributed by atoms with E-state index in [0.717, 1.165) is 17.8 Å². The summed E-state index contributed by atoms with van der Waals surface area (Å²) in [4.78, 5) is 35.0. The summed E-state index contributed by atoms with van der Waals surface area (Å²) in [6, 6.07) is 18.0. The van der Waals surface area contributed by atoms with Crippen molar-refractivity contribution in [2.45, 2.75) is 19.1 Å². The van der Waals surface area contributed by atoms with Gasteiger partial charge in [0.15, 0.2) is 0 Å². The van der Waals surface area contributed by atoms with Crippen LogP contribution in [0.5, 0.6) is 5.75 Å². The van der Waals surface area contributed by atoms with Crippen molar-refractivity contribution in [3.8, 4) is 17.0 Å². The predicted octanol–water partition coefficient (Wildman–Crippen LogP) is 7.05. The van der Waals surface area contributed by atoms with Crippen molar-refractivity contribution in [3.05, 3.63) is 114 Å². The number of hydrogen-bond acceptors (Lipinski definition) is 7. The number of rotatable bonds is 4. The minimum absolute atomic E-state index is 0.0571. The molecule has 0 unspecified atom stereocenters. The van der Waals surface area contributed by atoms with E-state index >= 15 is 0 Å². The molecule has 0 saturated carbocycles. The van der Waals surface area contributed by atoms with E-state index in [-0.39, 0.29) is 23.1 Å². The smallest absolute Gasteiger partial charge is 0.419 e. The van der Waals surface area contributed by atoms with Crippen LogP contribution in [-0.4, -0.2) is 46.9 Å². The first kappa shape index (κ1) is 31.9. The number of benzene rings is 3. The van der Waals surface area contributed by atoms with Crippen molar-refractivity contribution in [1.82, 2.24) is 14.9 Å². The molecule has 0 aliphatic carbocycles. The number of likely N-dealkylation sites (N-methyl/N-ethyl adjacent to an activating group) is 1. The van der Waals surface area contributed by atoms with Crippen LogP contribution in [0, 0.1) is 0 Å². The third-order valence-corrected chi connectivity index (χ3v) is 6.90. The molecule has 46 heavy (non-hydrogen) atoms. The summed E-state index contributed by atoms with van der Waals surface area (Å²) in [5.74, 6) is -0.400. The Kier molecular flexibility index (Phi) is 9.77. The number of amides is 2. The maximum atomic E-state index is 14.0. The number of alkyl halides is 3. The molecule has 0 atom stereocenters. The molecule has 4 aromatic rings. The van der Waals surface area contributed by atoms with E-state index in [4.69, 9.17) is 4.74 Å². The van der Waals surface area contributed by atoms with Crippen molar-refractivity contribution in [2.24, 2.45) is 0 Å². The molecule has 0 fully saturated rings.